The molecule has 7 heteroatoms. The molecule has 3 aromatic rings. The van der Waals surface area contributed by atoms with E-state index in [1.807, 2.05) is 31.2 Å². The van der Waals surface area contributed by atoms with Crippen LogP contribution in [0.2, 0.25) is 0 Å². The van der Waals surface area contributed by atoms with Gasteiger partial charge >= 0.3 is 5.69 Å². The van der Waals surface area contributed by atoms with Crippen LogP contribution in [0, 0.1) is 0 Å². The summed E-state index contributed by atoms with van der Waals surface area (Å²) in [6.07, 6.45) is 3.14. The summed E-state index contributed by atoms with van der Waals surface area (Å²) in [5.41, 5.74) is 1.55. The summed E-state index contributed by atoms with van der Waals surface area (Å²) in [6.45, 7) is 2.40. The highest BCUT2D eigenvalue weighted by Crippen LogP contribution is 2.35. The number of aromatic nitrogens is 3. The van der Waals surface area contributed by atoms with Gasteiger partial charge in [-0.05, 0) is 42.0 Å². The number of ketones is 1. The number of aromatic amines is 1. The van der Waals surface area contributed by atoms with Crippen molar-refractivity contribution in [3.05, 3.63) is 68.0 Å². The number of carbonyl (C=O) groups is 1. The van der Waals surface area contributed by atoms with Crippen molar-refractivity contribution in [1.82, 2.24) is 14.5 Å². The lowest BCUT2D eigenvalue weighted by Gasteiger charge is -2.25. The number of carbonyl (C=O) groups excluding carboxylic acids is 1. The molecule has 0 unspecified atom stereocenters. The number of fused-ring (bicyclic) bond motifs is 3. The number of benzene rings is 1. The van der Waals surface area contributed by atoms with Gasteiger partial charge in [0.15, 0.2) is 5.78 Å². The van der Waals surface area contributed by atoms with Crippen molar-refractivity contribution >= 4 is 16.8 Å². The Labute approximate surface area is 161 Å². The number of Topliss-reactive ketones (excluding diaryl/α,β-unsaturated/α-hetero) is 1. The van der Waals surface area contributed by atoms with Gasteiger partial charge in [0.2, 0.25) is 0 Å². The van der Waals surface area contributed by atoms with Gasteiger partial charge in [-0.15, -0.1) is 0 Å². The topological polar surface area (TPSA) is 94.0 Å². The predicted octanol–water partition coefficient (Wildman–Crippen LogP) is 2.42. The van der Waals surface area contributed by atoms with Crippen molar-refractivity contribution in [2.45, 2.75) is 38.6 Å². The minimum absolute atomic E-state index is 0.0379. The molecule has 1 aliphatic rings. The standard InChI is InChI=1S/C21H21N3O4/c1-3-8-24-19-18(20(26)23-21(24)27)15-9-13(10-17(25)16(15)11-22-19)12-4-6-14(28-2)7-5-12/h4-7,11,13H,3,8-10H2,1-2H3,(H,23,26,27)/t13-/m1/s1. The van der Waals surface area contributed by atoms with Crippen LogP contribution >= 0.6 is 0 Å². The second-order valence-electron chi connectivity index (χ2n) is 7.06. The molecule has 7 nitrogen and oxygen atoms in total. The first-order valence-corrected chi connectivity index (χ1v) is 9.35. The highest BCUT2D eigenvalue weighted by Gasteiger charge is 2.29. The molecule has 0 saturated heterocycles. The molecule has 2 heterocycles. The Bertz CT molecular complexity index is 1180. The Balaban J connectivity index is 1.88. The monoisotopic (exact) mass is 379 g/mol. The summed E-state index contributed by atoms with van der Waals surface area (Å²) in [5, 5.41) is 0.345. The molecular weight excluding hydrogens is 358 g/mol. The average Bonchev–Trinajstić information content (AvgIpc) is 2.70. The number of pyridine rings is 1. The highest BCUT2D eigenvalue weighted by molar-refractivity contribution is 6.02. The van der Waals surface area contributed by atoms with E-state index in [1.165, 1.54) is 10.8 Å². The molecule has 1 aliphatic carbocycles. The fourth-order valence-corrected chi connectivity index (χ4v) is 3.95. The number of aryl methyl sites for hydroxylation is 1. The third-order valence-electron chi connectivity index (χ3n) is 5.33. The normalized spacial score (nSPS) is 16.2. The molecular formula is C21H21N3O4. The number of methoxy groups -OCH3 is 1. The van der Waals surface area contributed by atoms with Gasteiger partial charge in [0.1, 0.15) is 11.4 Å². The van der Waals surface area contributed by atoms with E-state index in [-0.39, 0.29) is 11.7 Å². The molecule has 0 amide bonds. The van der Waals surface area contributed by atoms with Gasteiger partial charge in [0.05, 0.1) is 12.5 Å². The Morgan fingerprint density at radius 3 is 2.61 bits per heavy atom. The van der Waals surface area contributed by atoms with Crippen LogP contribution in [0.5, 0.6) is 5.75 Å². The minimum Gasteiger partial charge on any atom is -0.497 e. The second-order valence-corrected chi connectivity index (χ2v) is 7.06. The van der Waals surface area contributed by atoms with E-state index in [4.69, 9.17) is 4.74 Å². The van der Waals surface area contributed by atoms with Crippen molar-refractivity contribution in [1.29, 1.82) is 0 Å². The maximum absolute atomic E-state index is 12.8. The largest absolute Gasteiger partial charge is 0.497 e. The van der Waals surface area contributed by atoms with Crippen LogP contribution in [0.1, 0.15) is 47.2 Å². The van der Waals surface area contributed by atoms with Crippen LogP contribution in [-0.2, 0) is 13.0 Å². The molecule has 0 fully saturated rings. The predicted molar refractivity (Wildman–Crippen MR) is 105 cm³/mol. The fourth-order valence-electron chi connectivity index (χ4n) is 3.95. The van der Waals surface area contributed by atoms with Gasteiger partial charge < -0.3 is 4.74 Å². The number of ether oxygens (including phenoxy) is 1. The van der Waals surface area contributed by atoms with Crippen molar-refractivity contribution in [2.75, 3.05) is 7.11 Å². The third-order valence-corrected chi connectivity index (χ3v) is 5.33. The lowest BCUT2D eigenvalue weighted by Crippen LogP contribution is -2.33. The lowest BCUT2D eigenvalue weighted by atomic mass is 9.79. The molecule has 2 aromatic heterocycles. The summed E-state index contributed by atoms with van der Waals surface area (Å²) >= 11 is 0. The Kier molecular flexibility index (Phi) is 4.58. The van der Waals surface area contributed by atoms with Crippen molar-refractivity contribution in [3.63, 3.8) is 0 Å². The molecule has 0 saturated carbocycles. The van der Waals surface area contributed by atoms with E-state index in [9.17, 15) is 14.4 Å². The summed E-state index contributed by atoms with van der Waals surface area (Å²) in [4.78, 5) is 44.3. The first-order valence-electron chi connectivity index (χ1n) is 9.35. The highest BCUT2D eigenvalue weighted by atomic mass is 16.5. The number of nitrogens with zero attached hydrogens (tertiary/aromatic N) is 2. The van der Waals surface area contributed by atoms with E-state index < -0.39 is 11.2 Å². The molecule has 144 valence electrons. The van der Waals surface area contributed by atoms with Crippen molar-refractivity contribution < 1.29 is 9.53 Å². The van der Waals surface area contributed by atoms with Gasteiger partial charge in [0.25, 0.3) is 5.56 Å². The number of H-pyrrole nitrogens is 1. The maximum atomic E-state index is 12.8. The van der Waals surface area contributed by atoms with Gasteiger partial charge in [0, 0.05) is 24.7 Å². The van der Waals surface area contributed by atoms with Crippen LogP contribution in [0.4, 0.5) is 0 Å². The molecule has 0 radical (unpaired) electrons. The van der Waals surface area contributed by atoms with E-state index in [0.717, 1.165) is 17.7 Å². The zero-order valence-electron chi connectivity index (χ0n) is 15.8. The van der Waals surface area contributed by atoms with E-state index >= 15 is 0 Å². The van der Waals surface area contributed by atoms with Crippen molar-refractivity contribution in [2.24, 2.45) is 0 Å². The molecule has 0 spiro atoms. The van der Waals surface area contributed by atoms with Gasteiger partial charge in [-0.2, -0.15) is 0 Å². The first-order chi connectivity index (χ1) is 13.5. The number of rotatable bonds is 4. The summed E-state index contributed by atoms with van der Waals surface area (Å²) in [6, 6.07) is 7.63. The lowest BCUT2D eigenvalue weighted by molar-refractivity contribution is 0.0964. The smallest absolute Gasteiger partial charge is 0.329 e. The van der Waals surface area contributed by atoms with Crippen LogP contribution in [0.25, 0.3) is 11.0 Å². The maximum Gasteiger partial charge on any atom is 0.329 e. The fraction of sp³-hybridized carbons (Fsp3) is 0.333. The van der Waals surface area contributed by atoms with E-state index in [1.54, 1.807) is 7.11 Å². The van der Waals surface area contributed by atoms with Crippen LogP contribution in [-0.4, -0.2) is 27.4 Å². The summed E-state index contributed by atoms with van der Waals surface area (Å²) in [7, 11) is 1.61. The number of hydrogen-bond acceptors (Lipinski definition) is 5. The molecule has 1 N–H and O–H groups in total. The average molecular weight is 379 g/mol. The van der Waals surface area contributed by atoms with Gasteiger partial charge in [-0.1, -0.05) is 19.1 Å². The number of nitrogens with one attached hydrogen (secondary N) is 1. The first kappa shape index (κ1) is 18.2. The molecule has 28 heavy (non-hydrogen) atoms. The van der Waals surface area contributed by atoms with E-state index in [2.05, 4.69) is 9.97 Å². The summed E-state index contributed by atoms with van der Waals surface area (Å²) in [5.74, 6) is 0.674. The SMILES string of the molecule is CCCn1c(=O)[nH]c(=O)c2c3c(cnc21)C(=O)C[C@H](c1ccc(OC)cc1)C3. The molecule has 1 atom stereocenters. The van der Waals surface area contributed by atoms with Gasteiger partial charge in [-0.3, -0.25) is 19.1 Å². The minimum atomic E-state index is -0.486. The van der Waals surface area contributed by atoms with Crippen LogP contribution < -0.4 is 16.0 Å². The summed E-state index contributed by atoms with van der Waals surface area (Å²) < 4.78 is 6.67. The Morgan fingerprint density at radius 2 is 1.93 bits per heavy atom. The molecule has 0 bridgehead atoms. The third kappa shape index (κ3) is 2.93. The van der Waals surface area contributed by atoms with E-state index in [0.29, 0.717) is 41.5 Å². The van der Waals surface area contributed by atoms with Gasteiger partial charge in [-0.25, -0.2) is 9.78 Å². The van der Waals surface area contributed by atoms with Crippen LogP contribution in [0.3, 0.4) is 0 Å². The zero-order valence-corrected chi connectivity index (χ0v) is 15.8. The number of hydrogen-bond donors (Lipinski definition) is 1. The Morgan fingerprint density at radius 1 is 1.18 bits per heavy atom. The Hall–Kier alpha value is -3.22. The van der Waals surface area contributed by atoms with Crippen LogP contribution in [0.15, 0.2) is 40.1 Å². The molecule has 1 aromatic carbocycles. The zero-order chi connectivity index (χ0) is 19.8. The quantitative estimate of drug-likeness (QED) is 0.751. The molecule has 4 rings (SSSR count). The molecule has 0 aliphatic heterocycles. The second kappa shape index (κ2) is 7.07. The van der Waals surface area contributed by atoms with Crippen molar-refractivity contribution in [3.8, 4) is 5.75 Å².